The van der Waals surface area contributed by atoms with Crippen molar-refractivity contribution in [3.8, 4) is 5.75 Å². The van der Waals surface area contributed by atoms with Crippen molar-refractivity contribution in [3.05, 3.63) is 17.8 Å². The van der Waals surface area contributed by atoms with Gasteiger partial charge in [0.25, 0.3) is 0 Å². The molecule has 4 nitrogen and oxygen atoms in total. The molecular weight excluding hydrogens is 216 g/mol. The number of morpholine rings is 1. The van der Waals surface area contributed by atoms with Gasteiger partial charge in [-0.3, -0.25) is 0 Å². The molecule has 94 valence electrons. The number of nitrogens with zero attached hydrogens (tertiary/aromatic N) is 2. The van der Waals surface area contributed by atoms with E-state index in [-0.39, 0.29) is 5.75 Å². The van der Waals surface area contributed by atoms with Gasteiger partial charge in [0.2, 0.25) is 0 Å². The number of hydrogen-bond acceptors (Lipinski definition) is 4. The molecule has 0 bridgehead atoms. The van der Waals surface area contributed by atoms with Crippen LogP contribution >= 0.6 is 0 Å². The molecule has 1 aromatic rings. The lowest BCUT2D eigenvalue weighted by molar-refractivity contribution is 0.122. The molecule has 17 heavy (non-hydrogen) atoms. The van der Waals surface area contributed by atoms with Gasteiger partial charge in [0.05, 0.1) is 13.2 Å². The van der Waals surface area contributed by atoms with Crippen LogP contribution in [0.4, 0.5) is 5.82 Å². The second-order valence-corrected chi connectivity index (χ2v) is 4.88. The van der Waals surface area contributed by atoms with E-state index in [0.717, 1.165) is 25.1 Å². The summed E-state index contributed by atoms with van der Waals surface area (Å²) in [4.78, 5) is 6.44. The maximum absolute atomic E-state index is 10.0. The summed E-state index contributed by atoms with van der Waals surface area (Å²) in [5.41, 5.74) is 1.09. The Morgan fingerprint density at radius 1 is 1.41 bits per heavy atom. The summed E-state index contributed by atoms with van der Waals surface area (Å²) < 4.78 is 5.29. The molecule has 0 amide bonds. The van der Waals surface area contributed by atoms with E-state index in [9.17, 15) is 5.11 Å². The summed E-state index contributed by atoms with van der Waals surface area (Å²) in [6, 6.07) is 1.83. The molecule has 0 unspecified atom stereocenters. The van der Waals surface area contributed by atoms with E-state index in [0.29, 0.717) is 24.9 Å². The first-order valence-corrected chi connectivity index (χ1v) is 6.17. The third-order valence-corrected chi connectivity index (χ3v) is 2.86. The molecule has 1 saturated heterocycles. The van der Waals surface area contributed by atoms with E-state index in [2.05, 4.69) is 23.7 Å². The summed E-state index contributed by atoms with van der Waals surface area (Å²) in [6.07, 6.45) is 2.81. The average molecular weight is 236 g/mol. The zero-order chi connectivity index (χ0) is 12.3. The van der Waals surface area contributed by atoms with E-state index in [4.69, 9.17) is 4.74 Å². The average Bonchev–Trinajstić information content (AvgIpc) is 2.29. The van der Waals surface area contributed by atoms with Gasteiger partial charge in [-0.25, -0.2) is 4.98 Å². The van der Waals surface area contributed by atoms with Crippen LogP contribution in [0.2, 0.25) is 0 Å². The highest BCUT2D eigenvalue weighted by atomic mass is 16.5. The molecular formula is C13H20N2O2. The lowest BCUT2D eigenvalue weighted by Gasteiger charge is -2.28. The number of aromatic hydroxyl groups is 1. The Labute approximate surface area is 102 Å². The van der Waals surface area contributed by atoms with Gasteiger partial charge in [-0.2, -0.15) is 0 Å². The first-order chi connectivity index (χ1) is 8.16. The molecule has 1 aromatic heterocycles. The molecule has 1 aliphatic rings. The Morgan fingerprint density at radius 3 is 2.71 bits per heavy atom. The summed E-state index contributed by atoms with van der Waals surface area (Å²) >= 11 is 0. The van der Waals surface area contributed by atoms with Crippen LogP contribution in [0.1, 0.15) is 19.4 Å². The summed E-state index contributed by atoms with van der Waals surface area (Å²) in [5, 5.41) is 10.0. The fourth-order valence-corrected chi connectivity index (χ4v) is 2.09. The van der Waals surface area contributed by atoms with Crippen molar-refractivity contribution in [3.63, 3.8) is 0 Å². The quantitative estimate of drug-likeness (QED) is 0.869. The second kappa shape index (κ2) is 5.36. The molecule has 1 N–H and O–H groups in total. The largest absolute Gasteiger partial charge is 0.504 e. The topological polar surface area (TPSA) is 45.6 Å². The maximum Gasteiger partial charge on any atom is 0.171 e. The van der Waals surface area contributed by atoms with E-state index >= 15 is 0 Å². The third-order valence-electron chi connectivity index (χ3n) is 2.86. The van der Waals surface area contributed by atoms with Gasteiger partial charge >= 0.3 is 0 Å². The van der Waals surface area contributed by atoms with Crippen LogP contribution in [0.15, 0.2) is 12.3 Å². The smallest absolute Gasteiger partial charge is 0.171 e. The first kappa shape index (κ1) is 12.2. The fourth-order valence-electron chi connectivity index (χ4n) is 2.09. The molecule has 2 rings (SSSR count). The van der Waals surface area contributed by atoms with Gasteiger partial charge in [0, 0.05) is 19.3 Å². The minimum absolute atomic E-state index is 0.282. The maximum atomic E-state index is 10.0. The standard InChI is InChI=1S/C13H20N2O2/c1-10(2)7-11-8-12(16)13(14-9-11)15-3-5-17-6-4-15/h8-10,16H,3-7H2,1-2H3. The molecule has 1 fully saturated rings. The Morgan fingerprint density at radius 2 is 2.12 bits per heavy atom. The Bertz CT molecular complexity index is 374. The van der Waals surface area contributed by atoms with Gasteiger partial charge in [0.15, 0.2) is 11.6 Å². The first-order valence-electron chi connectivity index (χ1n) is 6.17. The van der Waals surface area contributed by atoms with Crippen LogP contribution in [0, 0.1) is 5.92 Å². The zero-order valence-corrected chi connectivity index (χ0v) is 10.5. The molecule has 4 heteroatoms. The highest BCUT2D eigenvalue weighted by Gasteiger charge is 2.16. The van der Waals surface area contributed by atoms with Gasteiger partial charge < -0.3 is 14.7 Å². The van der Waals surface area contributed by atoms with Crippen LogP contribution in [-0.4, -0.2) is 36.4 Å². The lowest BCUT2D eigenvalue weighted by atomic mass is 10.0. The molecule has 1 aliphatic heterocycles. The van der Waals surface area contributed by atoms with Crippen LogP contribution in [0.3, 0.4) is 0 Å². The summed E-state index contributed by atoms with van der Waals surface area (Å²) in [7, 11) is 0. The monoisotopic (exact) mass is 236 g/mol. The van der Waals surface area contributed by atoms with Crippen molar-refractivity contribution in [1.29, 1.82) is 0 Å². The normalized spacial score (nSPS) is 16.5. The third kappa shape index (κ3) is 3.09. The zero-order valence-electron chi connectivity index (χ0n) is 10.5. The molecule has 2 heterocycles. The van der Waals surface area contributed by atoms with Crippen LogP contribution < -0.4 is 4.90 Å². The molecule has 0 spiro atoms. The van der Waals surface area contributed by atoms with Gasteiger partial charge in [-0.05, 0) is 24.0 Å². The molecule has 0 saturated carbocycles. The van der Waals surface area contributed by atoms with E-state index in [1.807, 2.05) is 12.3 Å². The highest BCUT2D eigenvalue weighted by Crippen LogP contribution is 2.26. The van der Waals surface area contributed by atoms with E-state index in [1.54, 1.807) is 0 Å². The number of hydrogen-bond donors (Lipinski definition) is 1. The Hall–Kier alpha value is -1.29. The predicted molar refractivity (Wildman–Crippen MR) is 67.5 cm³/mol. The summed E-state index contributed by atoms with van der Waals surface area (Å²) in [6.45, 7) is 7.32. The molecule has 0 atom stereocenters. The van der Waals surface area contributed by atoms with Crippen molar-refractivity contribution in [2.24, 2.45) is 5.92 Å². The molecule has 0 aliphatic carbocycles. The van der Waals surface area contributed by atoms with Crippen molar-refractivity contribution in [2.75, 3.05) is 31.2 Å². The number of aromatic nitrogens is 1. The van der Waals surface area contributed by atoms with Gasteiger partial charge in [-0.1, -0.05) is 13.8 Å². The summed E-state index contributed by atoms with van der Waals surface area (Å²) in [5.74, 6) is 1.54. The van der Waals surface area contributed by atoms with Crippen LogP contribution in [-0.2, 0) is 11.2 Å². The fraction of sp³-hybridized carbons (Fsp3) is 0.615. The predicted octanol–water partition coefficient (Wildman–Crippen LogP) is 1.82. The van der Waals surface area contributed by atoms with E-state index < -0.39 is 0 Å². The Balaban J connectivity index is 2.13. The Kier molecular flexibility index (Phi) is 3.84. The SMILES string of the molecule is CC(C)Cc1cnc(N2CCOCC2)c(O)c1. The lowest BCUT2D eigenvalue weighted by Crippen LogP contribution is -2.36. The number of pyridine rings is 1. The number of anilines is 1. The molecule has 0 aromatic carbocycles. The van der Waals surface area contributed by atoms with Crippen molar-refractivity contribution in [2.45, 2.75) is 20.3 Å². The minimum Gasteiger partial charge on any atom is -0.504 e. The van der Waals surface area contributed by atoms with Crippen molar-refractivity contribution in [1.82, 2.24) is 4.98 Å². The number of rotatable bonds is 3. The van der Waals surface area contributed by atoms with Crippen molar-refractivity contribution >= 4 is 5.82 Å². The van der Waals surface area contributed by atoms with E-state index in [1.165, 1.54) is 0 Å². The number of ether oxygens (including phenoxy) is 1. The van der Waals surface area contributed by atoms with Gasteiger partial charge in [0.1, 0.15) is 0 Å². The highest BCUT2D eigenvalue weighted by molar-refractivity contribution is 5.52. The minimum atomic E-state index is 0.282. The van der Waals surface area contributed by atoms with Crippen molar-refractivity contribution < 1.29 is 9.84 Å². The van der Waals surface area contributed by atoms with Crippen LogP contribution in [0.25, 0.3) is 0 Å². The molecule has 0 radical (unpaired) electrons. The van der Waals surface area contributed by atoms with Crippen LogP contribution in [0.5, 0.6) is 5.75 Å². The van der Waals surface area contributed by atoms with Gasteiger partial charge in [-0.15, -0.1) is 0 Å². The second-order valence-electron chi connectivity index (χ2n) is 4.88.